The number of hydrogen-bond donors (Lipinski definition) is 1. The second-order valence-electron chi connectivity index (χ2n) is 4.80. The highest BCUT2D eigenvalue weighted by atomic mass is 79.9. The first-order valence-electron chi connectivity index (χ1n) is 6.38. The fourth-order valence-corrected chi connectivity index (χ4v) is 2.64. The van der Waals surface area contributed by atoms with Crippen molar-refractivity contribution in [2.45, 2.75) is 19.4 Å². The molecule has 0 aliphatic carbocycles. The molecular formula is C16H16BrF2N. The largest absolute Gasteiger partial charge is 0.313 e. The van der Waals surface area contributed by atoms with Crippen LogP contribution in [0.15, 0.2) is 40.9 Å². The van der Waals surface area contributed by atoms with Gasteiger partial charge < -0.3 is 5.32 Å². The summed E-state index contributed by atoms with van der Waals surface area (Å²) in [5, 5.41) is 3.05. The monoisotopic (exact) mass is 339 g/mol. The first-order valence-corrected chi connectivity index (χ1v) is 7.18. The van der Waals surface area contributed by atoms with Gasteiger partial charge in [0.1, 0.15) is 11.6 Å². The minimum atomic E-state index is -0.379. The van der Waals surface area contributed by atoms with Crippen molar-refractivity contribution in [1.82, 2.24) is 5.32 Å². The van der Waals surface area contributed by atoms with Crippen LogP contribution in [-0.2, 0) is 6.42 Å². The summed E-state index contributed by atoms with van der Waals surface area (Å²) in [6.07, 6.45) is 0.593. The third-order valence-electron chi connectivity index (χ3n) is 3.33. The summed E-state index contributed by atoms with van der Waals surface area (Å²) < 4.78 is 28.7. The van der Waals surface area contributed by atoms with Crippen LogP contribution in [-0.4, -0.2) is 7.05 Å². The maximum absolute atomic E-state index is 14.0. The molecule has 2 rings (SSSR count). The molecule has 0 saturated heterocycles. The zero-order chi connectivity index (χ0) is 14.7. The van der Waals surface area contributed by atoms with E-state index in [9.17, 15) is 8.78 Å². The van der Waals surface area contributed by atoms with Gasteiger partial charge in [-0.1, -0.05) is 28.1 Å². The number of likely N-dealkylation sites (N-methyl/N-ethyl adjacent to an activating group) is 1. The molecule has 106 valence electrons. The maximum atomic E-state index is 14.0. The lowest BCUT2D eigenvalue weighted by Gasteiger charge is -2.18. The molecule has 1 unspecified atom stereocenters. The molecule has 0 aliphatic rings. The lowest BCUT2D eigenvalue weighted by Crippen LogP contribution is -2.20. The molecule has 0 amide bonds. The molecule has 0 bridgehead atoms. The molecule has 0 aliphatic heterocycles. The van der Waals surface area contributed by atoms with Gasteiger partial charge in [-0.05, 0) is 55.8 Å². The van der Waals surface area contributed by atoms with Crippen LogP contribution in [0.25, 0.3) is 0 Å². The van der Waals surface area contributed by atoms with E-state index in [1.807, 2.05) is 24.3 Å². The van der Waals surface area contributed by atoms with Crippen molar-refractivity contribution in [3.63, 3.8) is 0 Å². The predicted octanol–water partition coefficient (Wildman–Crippen LogP) is 4.54. The molecule has 0 heterocycles. The second kappa shape index (κ2) is 6.46. The molecular weight excluding hydrogens is 324 g/mol. The van der Waals surface area contributed by atoms with Gasteiger partial charge in [-0.3, -0.25) is 0 Å². The lowest BCUT2D eigenvalue weighted by atomic mass is 9.97. The molecule has 1 N–H and O–H groups in total. The topological polar surface area (TPSA) is 12.0 Å². The summed E-state index contributed by atoms with van der Waals surface area (Å²) in [6, 6.07) is 10.1. The van der Waals surface area contributed by atoms with Crippen LogP contribution >= 0.6 is 15.9 Å². The fourth-order valence-electron chi connectivity index (χ4n) is 2.20. The molecule has 1 atom stereocenters. The van der Waals surface area contributed by atoms with Gasteiger partial charge in [-0.25, -0.2) is 8.78 Å². The maximum Gasteiger partial charge on any atom is 0.128 e. The van der Waals surface area contributed by atoms with Gasteiger partial charge in [0.25, 0.3) is 0 Å². The van der Waals surface area contributed by atoms with Crippen LogP contribution in [0.3, 0.4) is 0 Å². The predicted molar refractivity (Wildman–Crippen MR) is 80.7 cm³/mol. The van der Waals surface area contributed by atoms with Crippen LogP contribution in [0.2, 0.25) is 0 Å². The summed E-state index contributed by atoms with van der Waals surface area (Å²) in [6.45, 7) is 1.56. The summed E-state index contributed by atoms with van der Waals surface area (Å²) >= 11 is 3.41. The minimum Gasteiger partial charge on any atom is -0.313 e. The van der Waals surface area contributed by atoms with Crippen molar-refractivity contribution in [3.8, 4) is 0 Å². The van der Waals surface area contributed by atoms with E-state index in [0.717, 1.165) is 10.0 Å². The highest BCUT2D eigenvalue weighted by Crippen LogP contribution is 2.24. The number of nitrogens with one attached hydrogen (secondary N) is 1. The lowest BCUT2D eigenvalue weighted by molar-refractivity contribution is 0.520. The highest BCUT2D eigenvalue weighted by Gasteiger charge is 2.17. The number of halogens is 3. The van der Waals surface area contributed by atoms with Gasteiger partial charge in [0, 0.05) is 16.1 Å². The molecule has 0 saturated carbocycles. The van der Waals surface area contributed by atoms with E-state index in [1.165, 1.54) is 12.1 Å². The summed E-state index contributed by atoms with van der Waals surface area (Å²) in [5.41, 5.74) is 1.73. The molecule has 2 aromatic carbocycles. The van der Waals surface area contributed by atoms with Crippen LogP contribution in [0.1, 0.15) is 22.7 Å². The molecule has 20 heavy (non-hydrogen) atoms. The van der Waals surface area contributed by atoms with E-state index in [2.05, 4.69) is 21.2 Å². The quantitative estimate of drug-likeness (QED) is 0.862. The first kappa shape index (κ1) is 15.1. The van der Waals surface area contributed by atoms with Crippen molar-refractivity contribution in [2.24, 2.45) is 0 Å². The molecule has 1 nitrogen and oxygen atoms in total. The average molecular weight is 340 g/mol. The first-order chi connectivity index (χ1) is 9.51. The number of aryl methyl sites for hydroxylation is 1. The SMILES string of the molecule is CNC(Cc1cccc(Br)c1)c1cc(F)c(C)cc1F. The molecule has 0 radical (unpaired) electrons. The smallest absolute Gasteiger partial charge is 0.128 e. The summed E-state index contributed by atoms with van der Waals surface area (Å²) in [7, 11) is 1.75. The third kappa shape index (κ3) is 3.44. The van der Waals surface area contributed by atoms with Gasteiger partial charge in [0.05, 0.1) is 0 Å². The zero-order valence-corrected chi connectivity index (χ0v) is 13.0. The van der Waals surface area contributed by atoms with E-state index in [4.69, 9.17) is 0 Å². The van der Waals surface area contributed by atoms with Gasteiger partial charge in [0.2, 0.25) is 0 Å². The standard InChI is InChI=1S/C16H16BrF2N/c1-10-6-15(19)13(9-14(10)18)16(20-2)8-11-4-3-5-12(17)7-11/h3-7,9,16,20H,8H2,1-2H3. The Bertz CT molecular complexity index is 613. The van der Waals surface area contributed by atoms with Crippen molar-refractivity contribution in [1.29, 1.82) is 0 Å². The fraction of sp³-hybridized carbons (Fsp3) is 0.250. The van der Waals surface area contributed by atoms with Gasteiger partial charge in [-0.2, -0.15) is 0 Å². The van der Waals surface area contributed by atoms with Crippen molar-refractivity contribution in [2.75, 3.05) is 7.05 Å². The molecule has 2 aromatic rings. The van der Waals surface area contributed by atoms with E-state index in [0.29, 0.717) is 17.5 Å². The Kier molecular flexibility index (Phi) is 4.89. The van der Waals surface area contributed by atoms with Gasteiger partial charge >= 0.3 is 0 Å². The van der Waals surface area contributed by atoms with Crippen molar-refractivity contribution < 1.29 is 8.78 Å². The van der Waals surface area contributed by atoms with Crippen LogP contribution in [0.5, 0.6) is 0 Å². The number of rotatable bonds is 4. The molecule has 0 fully saturated rings. The normalized spacial score (nSPS) is 12.4. The number of benzene rings is 2. The highest BCUT2D eigenvalue weighted by molar-refractivity contribution is 9.10. The Morgan fingerprint density at radius 3 is 2.55 bits per heavy atom. The number of hydrogen-bond acceptors (Lipinski definition) is 1. The van der Waals surface area contributed by atoms with Gasteiger partial charge in [0.15, 0.2) is 0 Å². The Morgan fingerprint density at radius 1 is 1.15 bits per heavy atom. The molecule has 0 spiro atoms. The molecule has 0 aromatic heterocycles. The zero-order valence-electron chi connectivity index (χ0n) is 11.4. The Balaban J connectivity index is 2.31. The molecule has 4 heteroatoms. The van der Waals surface area contributed by atoms with Crippen LogP contribution in [0, 0.1) is 18.6 Å². The Labute approximate surface area is 126 Å². The Hall–Kier alpha value is -1.26. The summed E-state index contributed by atoms with van der Waals surface area (Å²) in [4.78, 5) is 0. The van der Waals surface area contributed by atoms with Crippen LogP contribution < -0.4 is 5.32 Å². The van der Waals surface area contributed by atoms with E-state index in [-0.39, 0.29) is 17.7 Å². The van der Waals surface area contributed by atoms with Gasteiger partial charge in [-0.15, -0.1) is 0 Å². The van der Waals surface area contributed by atoms with Crippen molar-refractivity contribution >= 4 is 15.9 Å². The minimum absolute atomic E-state index is 0.264. The van der Waals surface area contributed by atoms with E-state index in [1.54, 1.807) is 14.0 Å². The summed E-state index contributed by atoms with van der Waals surface area (Å²) in [5.74, 6) is -0.755. The second-order valence-corrected chi connectivity index (χ2v) is 5.71. The third-order valence-corrected chi connectivity index (χ3v) is 3.82. The van der Waals surface area contributed by atoms with Crippen molar-refractivity contribution in [3.05, 3.63) is 69.2 Å². The Morgan fingerprint density at radius 2 is 1.90 bits per heavy atom. The van der Waals surface area contributed by atoms with E-state index < -0.39 is 0 Å². The van der Waals surface area contributed by atoms with Crippen LogP contribution in [0.4, 0.5) is 8.78 Å². The van der Waals surface area contributed by atoms with E-state index >= 15 is 0 Å². The average Bonchev–Trinajstić information content (AvgIpc) is 2.40.